The van der Waals surface area contributed by atoms with Crippen molar-refractivity contribution in [1.29, 1.82) is 0 Å². The second-order valence-corrected chi connectivity index (χ2v) is 10.7. The lowest BCUT2D eigenvalue weighted by Crippen LogP contribution is -2.37. The molecule has 7 heteroatoms. The Morgan fingerprint density at radius 1 is 1.00 bits per heavy atom. The minimum absolute atomic E-state index is 0.311. The zero-order valence-corrected chi connectivity index (χ0v) is 24.5. The van der Waals surface area contributed by atoms with Gasteiger partial charge in [-0.15, -0.1) is 0 Å². The summed E-state index contributed by atoms with van der Waals surface area (Å²) in [5, 5.41) is 3.43. The van der Waals surface area contributed by atoms with Crippen LogP contribution in [0.25, 0.3) is 0 Å². The number of anilines is 3. The molecule has 1 fully saturated rings. The fourth-order valence-corrected chi connectivity index (χ4v) is 5.38. The Hall–Kier alpha value is -3.97. The molecule has 3 aromatic rings. The van der Waals surface area contributed by atoms with Gasteiger partial charge in [0.15, 0.2) is 0 Å². The van der Waals surface area contributed by atoms with Gasteiger partial charge < -0.3 is 19.7 Å². The molecule has 0 saturated carbocycles. The van der Waals surface area contributed by atoms with Gasteiger partial charge >= 0.3 is 6.01 Å². The molecule has 7 nitrogen and oxygen atoms in total. The number of nitrogens with zero attached hydrogens (tertiary/aromatic N) is 4. The highest BCUT2D eigenvalue weighted by atomic mass is 16.5. The van der Waals surface area contributed by atoms with E-state index in [0.29, 0.717) is 43.6 Å². The van der Waals surface area contributed by atoms with E-state index >= 15 is 0 Å². The van der Waals surface area contributed by atoms with E-state index in [-0.39, 0.29) is 0 Å². The van der Waals surface area contributed by atoms with Gasteiger partial charge in [-0.3, -0.25) is 0 Å². The molecular formula is C34H41N5O2. The van der Waals surface area contributed by atoms with Crippen molar-refractivity contribution < 1.29 is 9.47 Å². The van der Waals surface area contributed by atoms with Crippen LogP contribution in [0.5, 0.6) is 6.01 Å². The summed E-state index contributed by atoms with van der Waals surface area (Å²) in [6.07, 6.45) is 12.1. The fourth-order valence-electron chi connectivity index (χ4n) is 5.38. The first-order chi connectivity index (χ1) is 20.0. The number of nitrogens with one attached hydrogen (secondary N) is 1. The summed E-state index contributed by atoms with van der Waals surface area (Å²) < 4.78 is 11.7. The second-order valence-electron chi connectivity index (χ2n) is 10.7. The molecule has 0 amide bonds. The number of fused-ring (bicyclic) bond motifs is 1. The number of aromatic nitrogens is 3. The number of allylic oxidation sites excluding steroid dienone is 5. The van der Waals surface area contributed by atoms with Crippen LogP contribution in [0.1, 0.15) is 54.5 Å². The van der Waals surface area contributed by atoms with E-state index in [0.717, 1.165) is 50.0 Å². The molecule has 5 rings (SSSR count). The van der Waals surface area contributed by atoms with Crippen molar-refractivity contribution in [2.24, 2.45) is 0 Å². The van der Waals surface area contributed by atoms with Gasteiger partial charge in [-0.1, -0.05) is 81.5 Å². The highest BCUT2D eigenvalue weighted by Crippen LogP contribution is 2.29. The van der Waals surface area contributed by atoms with E-state index in [1.807, 2.05) is 0 Å². The van der Waals surface area contributed by atoms with Gasteiger partial charge in [0.05, 0.1) is 19.8 Å². The van der Waals surface area contributed by atoms with Crippen LogP contribution in [0.3, 0.4) is 0 Å². The zero-order chi connectivity index (χ0) is 28.6. The monoisotopic (exact) mass is 551 g/mol. The number of benzene rings is 2. The summed E-state index contributed by atoms with van der Waals surface area (Å²) in [4.78, 5) is 16.2. The Kier molecular flexibility index (Phi) is 9.47. The zero-order valence-electron chi connectivity index (χ0n) is 24.5. The smallest absolute Gasteiger partial charge is 0.323 e. The van der Waals surface area contributed by atoms with Gasteiger partial charge in [0.2, 0.25) is 11.9 Å². The summed E-state index contributed by atoms with van der Waals surface area (Å²) in [5.41, 5.74) is 8.61. The number of aryl methyl sites for hydroxylation is 2. The number of hydrogen-bond acceptors (Lipinski definition) is 7. The van der Waals surface area contributed by atoms with Crippen LogP contribution in [0.4, 0.5) is 17.6 Å². The van der Waals surface area contributed by atoms with Crippen LogP contribution in [0.2, 0.25) is 0 Å². The Bertz CT molecular complexity index is 1420. The largest absolute Gasteiger partial charge is 0.463 e. The van der Waals surface area contributed by atoms with Gasteiger partial charge in [-0.2, -0.15) is 15.0 Å². The maximum atomic E-state index is 6.13. The average molecular weight is 552 g/mol. The van der Waals surface area contributed by atoms with Gasteiger partial charge in [0.25, 0.3) is 0 Å². The summed E-state index contributed by atoms with van der Waals surface area (Å²) >= 11 is 0. The number of rotatable bonds is 9. The fraction of sp³-hybridized carbons (Fsp3) is 0.382. The van der Waals surface area contributed by atoms with E-state index in [1.165, 1.54) is 27.8 Å². The van der Waals surface area contributed by atoms with Gasteiger partial charge in [-0.05, 0) is 65.1 Å². The van der Waals surface area contributed by atoms with E-state index in [1.54, 1.807) is 0 Å². The van der Waals surface area contributed by atoms with Crippen molar-refractivity contribution >= 4 is 17.6 Å². The first-order valence-corrected chi connectivity index (χ1v) is 14.8. The molecule has 2 aromatic carbocycles. The van der Waals surface area contributed by atoms with E-state index in [9.17, 15) is 0 Å². The van der Waals surface area contributed by atoms with E-state index in [4.69, 9.17) is 14.5 Å². The Balaban J connectivity index is 1.36. The second kappa shape index (κ2) is 13.6. The van der Waals surface area contributed by atoms with E-state index < -0.39 is 0 Å². The molecular weight excluding hydrogens is 510 g/mol. The number of morpholine rings is 1. The SMILES string of the molecule is C=C1/C=C\C=C/C(C)c2ccc(Nc3nc(OCCc4ccc(CC)c(CC)c4)nc(N4CCOCC4)n3)cc2C1. The van der Waals surface area contributed by atoms with Crippen LogP contribution in [0.15, 0.2) is 72.9 Å². The van der Waals surface area contributed by atoms with Gasteiger partial charge in [-0.25, -0.2) is 0 Å². The summed E-state index contributed by atoms with van der Waals surface area (Å²) in [5.74, 6) is 1.37. The number of ether oxygens (including phenoxy) is 2. The van der Waals surface area contributed by atoms with E-state index in [2.05, 4.69) is 108 Å². The third-order valence-corrected chi connectivity index (χ3v) is 7.70. The molecule has 1 aromatic heterocycles. The lowest BCUT2D eigenvalue weighted by atomic mass is 9.92. The summed E-state index contributed by atoms with van der Waals surface area (Å²) in [7, 11) is 0. The normalized spacial score (nSPS) is 18.6. The maximum absolute atomic E-state index is 6.13. The van der Waals surface area contributed by atoms with Crippen LogP contribution in [-0.2, 0) is 30.4 Å². The Labute approximate surface area is 244 Å². The van der Waals surface area contributed by atoms with Crippen molar-refractivity contribution in [2.75, 3.05) is 43.1 Å². The summed E-state index contributed by atoms with van der Waals surface area (Å²) in [6, 6.07) is 13.5. The average Bonchev–Trinajstić information content (AvgIpc) is 3.06. The van der Waals surface area contributed by atoms with Crippen LogP contribution in [0, 0.1) is 0 Å². The molecule has 214 valence electrons. The van der Waals surface area contributed by atoms with Gasteiger partial charge in [0.1, 0.15) is 0 Å². The molecule has 0 bridgehead atoms. The van der Waals surface area contributed by atoms with Crippen molar-refractivity contribution in [1.82, 2.24) is 15.0 Å². The topological polar surface area (TPSA) is 72.4 Å². The summed E-state index contributed by atoms with van der Waals surface area (Å²) in [6.45, 7) is 14.1. The molecule has 1 aliphatic heterocycles. The predicted molar refractivity (Wildman–Crippen MR) is 167 cm³/mol. The number of hydrogen-bond donors (Lipinski definition) is 1. The van der Waals surface area contributed by atoms with Crippen molar-refractivity contribution in [3.63, 3.8) is 0 Å². The van der Waals surface area contributed by atoms with Crippen molar-refractivity contribution in [3.05, 3.63) is 101 Å². The minimum Gasteiger partial charge on any atom is -0.463 e. The van der Waals surface area contributed by atoms with Crippen LogP contribution in [-0.4, -0.2) is 47.9 Å². The third kappa shape index (κ3) is 7.41. The van der Waals surface area contributed by atoms with Crippen molar-refractivity contribution in [3.8, 4) is 6.01 Å². The minimum atomic E-state index is 0.311. The Morgan fingerprint density at radius 2 is 1.83 bits per heavy atom. The quantitative estimate of drug-likeness (QED) is 0.324. The van der Waals surface area contributed by atoms with Gasteiger partial charge in [0, 0.05) is 25.2 Å². The lowest BCUT2D eigenvalue weighted by Gasteiger charge is -2.27. The molecule has 1 atom stereocenters. The highest BCUT2D eigenvalue weighted by Gasteiger charge is 2.18. The molecule has 0 radical (unpaired) electrons. The third-order valence-electron chi connectivity index (χ3n) is 7.70. The van der Waals surface area contributed by atoms with Crippen LogP contribution < -0.4 is 15.0 Å². The molecule has 41 heavy (non-hydrogen) atoms. The Morgan fingerprint density at radius 3 is 2.63 bits per heavy atom. The first-order valence-electron chi connectivity index (χ1n) is 14.8. The molecule has 1 N–H and O–H groups in total. The lowest BCUT2D eigenvalue weighted by molar-refractivity contribution is 0.122. The standard InChI is InChI=1S/C34H41N5O2/c1-5-27-12-11-26(22-28(27)6-2)15-18-41-34-37-32(36-33(38-34)39-16-19-40-20-17-39)35-30-13-14-31-25(4)10-8-7-9-24(3)21-29(31)23-30/h7-14,22-23,25H,3,5-6,15-21H2,1-2,4H3,(H,35,36,37,38)/b9-7-,10-8-. The molecule has 1 saturated heterocycles. The molecule has 0 spiro atoms. The highest BCUT2D eigenvalue weighted by molar-refractivity contribution is 5.58. The molecule has 1 unspecified atom stereocenters. The van der Waals surface area contributed by atoms with Crippen LogP contribution >= 0.6 is 0 Å². The van der Waals surface area contributed by atoms with Crippen molar-refractivity contribution in [2.45, 2.75) is 52.4 Å². The predicted octanol–water partition coefficient (Wildman–Crippen LogP) is 6.53. The molecule has 2 aliphatic rings. The maximum Gasteiger partial charge on any atom is 0.323 e. The molecule has 2 heterocycles. The first kappa shape index (κ1) is 28.6. The molecule has 1 aliphatic carbocycles.